The third-order valence-electron chi connectivity index (χ3n) is 2.68. The fourth-order valence-corrected chi connectivity index (χ4v) is 1.87. The molecule has 0 heterocycles. The number of rotatable bonds is 7. The van der Waals surface area contributed by atoms with Crippen molar-refractivity contribution in [2.24, 2.45) is 0 Å². The van der Waals surface area contributed by atoms with Gasteiger partial charge in [0, 0.05) is 18.7 Å². The first-order valence-electron chi connectivity index (χ1n) is 6.26. The summed E-state index contributed by atoms with van der Waals surface area (Å²) < 4.78 is 24.1. The van der Waals surface area contributed by atoms with Crippen molar-refractivity contribution in [2.45, 2.75) is 32.9 Å². The Morgan fingerprint density at radius 1 is 1.33 bits per heavy atom. The Kier molecular flexibility index (Phi) is 6.09. The van der Waals surface area contributed by atoms with Gasteiger partial charge >= 0.3 is 0 Å². The van der Waals surface area contributed by atoms with E-state index >= 15 is 0 Å². The maximum absolute atomic E-state index is 13.3. The zero-order valence-corrected chi connectivity index (χ0v) is 11.5. The summed E-state index contributed by atoms with van der Waals surface area (Å²) in [6.07, 6.45) is -0.0620. The molecule has 0 aromatic heterocycles. The Labute approximate surface area is 108 Å². The highest BCUT2D eigenvalue weighted by molar-refractivity contribution is 5.36. The molecule has 0 saturated carbocycles. The molecule has 0 radical (unpaired) electrons. The summed E-state index contributed by atoms with van der Waals surface area (Å²) in [5.74, 6) is 0.455. The van der Waals surface area contributed by atoms with Crippen molar-refractivity contribution in [1.82, 2.24) is 5.32 Å². The first-order valence-corrected chi connectivity index (χ1v) is 6.26. The van der Waals surface area contributed by atoms with Gasteiger partial charge in [0.05, 0.1) is 6.61 Å². The number of ether oxygens (including phenoxy) is 2. The topological polar surface area (TPSA) is 30.5 Å². The van der Waals surface area contributed by atoms with E-state index in [0.717, 1.165) is 12.1 Å². The lowest BCUT2D eigenvalue weighted by molar-refractivity contribution is 0.0910. The molecule has 0 bridgehead atoms. The van der Waals surface area contributed by atoms with E-state index in [1.54, 1.807) is 13.2 Å². The van der Waals surface area contributed by atoms with Crippen LogP contribution in [-0.4, -0.2) is 26.4 Å². The van der Waals surface area contributed by atoms with Crippen molar-refractivity contribution in [3.8, 4) is 5.75 Å². The van der Waals surface area contributed by atoms with E-state index in [-0.39, 0.29) is 18.0 Å². The van der Waals surface area contributed by atoms with Gasteiger partial charge in [-0.3, -0.25) is 0 Å². The van der Waals surface area contributed by atoms with Crippen LogP contribution >= 0.6 is 0 Å². The van der Waals surface area contributed by atoms with E-state index in [2.05, 4.69) is 5.32 Å². The fourth-order valence-electron chi connectivity index (χ4n) is 1.87. The summed E-state index contributed by atoms with van der Waals surface area (Å²) in [5.41, 5.74) is 0.833. The lowest BCUT2D eigenvalue weighted by Gasteiger charge is -2.20. The van der Waals surface area contributed by atoms with Crippen molar-refractivity contribution >= 4 is 0 Å². The monoisotopic (exact) mass is 255 g/mol. The molecule has 0 aliphatic carbocycles. The van der Waals surface area contributed by atoms with Gasteiger partial charge < -0.3 is 14.8 Å². The molecule has 4 heteroatoms. The molecule has 102 valence electrons. The van der Waals surface area contributed by atoms with Crippen LogP contribution in [0.25, 0.3) is 0 Å². The van der Waals surface area contributed by atoms with Gasteiger partial charge in [0.1, 0.15) is 17.7 Å². The molecular weight excluding hydrogens is 233 g/mol. The molecule has 0 saturated heterocycles. The second-order valence-electron chi connectivity index (χ2n) is 4.35. The third kappa shape index (κ3) is 4.27. The largest absolute Gasteiger partial charge is 0.488 e. The molecular formula is C14H22FNO2. The fraction of sp³-hybridized carbons (Fsp3) is 0.571. The highest BCUT2D eigenvalue weighted by Crippen LogP contribution is 2.27. The first-order chi connectivity index (χ1) is 8.58. The van der Waals surface area contributed by atoms with Crippen molar-refractivity contribution in [1.29, 1.82) is 0 Å². The molecule has 1 rings (SSSR count). The van der Waals surface area contributed by atoms with Gasteiger partial charge in [-0.05, 0) is 38.6 Å². The number of benzene rings is 1. The number of hydrogen-bond acceptors (Lipinski definition) is 3. The molecule has 18 heavy (non-hydrogen) atoms. The van der Waals surface area contributed by atoms with Crippen LogP contribution in [0, 0.1) is 5.82 Å². The summed E-state index contributed by atoms with van der Waals surface area (Å²) in [6, 6.07) is 4.65. The number of nitrogens with one attached hydrogen (secondary N) is 1. The second kappa shape index (κ2) is 7.34. The predicted octanol–water partition coefficient (Wildman–Crippen LogP) is 2.91. The smallest absolute Gasteiger partial charge is 0.124 e. The highest BCUT2D eigenvalue weighted by Gasteiger charge is 2.14. The molecule has 1 aromatic carbocycles. The van der Waals surface area contributed by atoms with Crippen LogP contribution in [0.4, 0.5) is 4.39 Å². The minimum atomic E-state index is -0.249. The Morgan fingerprint density at radius 3 is 2.67 bits per heavy atom. The summed E-state index contributed by atoms with van der Waals surface area (Å²) in [6.45, 7) is 7.27. The van der Waals surface area contributed by atoms with Crippen molar-refractivity contribution in [3.05, 3.63) is 29.6 Å². The summed E-state index contributed by atoms with van der Waals surface area (Å²) in [5, 5.41) is 3.26. The molecule has 1 N–H and O–H groups in total. The van der Waals surface area contributed by atoms with E-state index in [4.69, 9.17) is 9.47 Å². The molecule has 0 amide bonds. The van der Waals surface area contributed by atoms with Gasteiger partial charge in [-0.15, -0.1) is 0 Å². The summed E-state index contributed by atoms with van der Waals surface area (Å²) >= 11 is 0. The van der Waals surface area contributed by atoms with Gasteiger partial charge in [0.25, 0.3) is 0 Å². The standard InChI is InChI=1S/C14H22FNO2/c1-5-16-11(3)13-8-12(15)6-7-14(13)18-10(2)9-17-4/h6-8,10-11,16H,5,9H2,1-4H3. The number of methoxy groups -OCH3 is 1. The lowest BCUT2D eigenvalue weighted by atomic mass is 10.1. The van der Waals surface area contributed by atoms with Crippen molar-refractivity contribution in [3.63, 3.8) is 0 Å². The average molecular weight is 255 g/mol. The molecule has 3 nitrogen and oxygen atoms in total. The minimum absolute atomic E-state index is 0.0513. The SMILES string of the molecule is CCNC(C)c1cc(F)ccc1OC(C)COC. The second-order valence-corrected chi connectivity index (χ2v) is 4.35. The maximum Gasteiger partial charge on any atom is 0.124 e. The van der Waals surface area contributed by atoms with Crippen LogP contribution in [0.5, 0.6) is 5.75 Å². The Hall–Kier alpha value is -1.13. The van der Waals surface area contributed by atoms with E-state index < -0.39 is 0 Å². The summed E-state index contributed by atoms with van der Waals surface area (Å²) in [7, 11) is 1.63. The molecule has 0 aliphatic rings. The number of halogens is 1. The van der Waals surface area contributed by atoms with Crippen LogP contribution in [-0.2, 0) is 4.74 Å². The summed E-state index contributed by atoms with van der Waals surface area (Å²) in [4.78, 5) is 0. The Morgan fingerprint density at radius 2 is 2.06 bits per heavy atom. The van der Waals surface area contributed by atoms with Gasteiger partial charge in [-0.2, -0.15) is 0 Å². The molecule has 0 fully saturated rings. The van der Waals surface area contributed by atoms with Gasteiger partial charge in [-0.25, -0.2) is 4.39 Å². The predicted molar refractivity (Wildman–Crippen MR) is 70.5 cm³/mol. The Bertz CT molecular complexity index is 371. The van der Waals surface area contributed by atoms with Crippen LogP contribution in [0.15, 0.2) is 18.2 Å². The van der Waals surface area contributed by atoms with Crippen LogP contribution in [0.2, 0.25) is 0 Å². The van der Waals surface area contributed by atoms with Crippen molar-refractivity contribution < 1.29 is 13.9 Å². The molecule has 1 aromatic rings. The molecule has 0 spiro atoms. The van der Waals surface area contributed by atoms with E-state index in [9.17, 15) is 4.39 Å². The van der Waals surface area contributed by atoms with Gasteiger partial charge in [-0.1, -0.05) is 6.92 Å². The molecule has 2 unspecified atom stereocenters. The van der Waals surface area contributed by atoms with E-state index in [1.165, 1.54) is 12.1 Å². The molecule has 2 atom stereocenters. The third-order valence-corrected chi connectivity index (χ3v) is 2.68. The highest BCUT2D eigenvalue weighted by atomic mass is 19.1. The lowest BCUT2D eigenvalue weighted by Crippen LogP contribution is -2.22. The first kappa shape index (κ1) is 14.9. The maximum atomic E-state index is 13.3. The van der Waals surface area contributed by atoms with E-state index in [1.807, 2.05) is 20.8 Å². The van der Waals surface area contributed by atoms with E-state index in [0.29, 0.717) is 12.4 Å². The average Bonchev–Trinajstić information content (AvgIpc) is 2.32. The number of hydrogen-bond donors (Lipinski definition) is 1. The zero-order chi connectivity index (χ0) is 13.5. The van der Waals surface area contributed by atoms with Crippen LogP contribution in [0.3, 0.4) is 0 Å². The van der Waals surface area contributed by atoms with Crippen LogP contribution < -0.4 is 10.1 Å². The van der Waals surface area contributed by atoms with Crippen molar-refractivity contribution in [2.75, 3.05) is 20.3 Å². The molecule has 0 aliphatic heterocycles. The van der Waals surface area contributed by atoms with Crippen LogP contribution in [0.1, 0.15) is 32.4 Å². The Balaban J connectivity index is 2.88. The zero-order valence-electron chi connectivity index (χ0n) is 11.5. The van der Waals surface area contributed by atoms with Gasteiger partial charge in [0.15, 0.2) is 0 Å². The van der Waals surface area contributed by atoms with Gasteiger partial charge in [0.2, 0.25) is 0 Å². The quantitative estimate of drug-likeness (QED) is 0.812. The normalized spacial score (nSPS) is 14.3. The minimum Gasteiger partial charge on any atom is -0.488 e.